The van der Waals surface area contributed by atoms with Crippen molar-refractivity contribution < 1.29 is 0 Å². The molecule has 1 saturated carbocycles. The quantitative estimate of drug-likeness (QED) is 0.827. The maximum absolute atomic E-state index is 6.18. The fourth-order valence-corrected chi connectivity index (χ4v) is 3.83. The van der Waals surface area contributed by atoms with E-state index in [1.807, 2.05) is 11.4 Å². The van der Waals surface area contributed by atoms with Crippen molar-refractivity contribution in [3.05, 3.63) is 21.3 Å². The van der Waals surface area contributed by atoms with E-state index in [4.69, 9.17) is 17.3 Å². The van der Waals surface area contributed by atoms with E-state index in [0.29, 0.717) is 0 Å². The molecule has 16 heavy (non-hydrogen) atoms. The summed E-state index contributed by atoms with van der Waals surface area (Å²) in [5.74, 6) is 0.915. The highest BCUT2D eigenvalue weighted by molar-refractivity contribution is 7.10. The molecule has 1 fully saturated rings. The van der Waals surface area contributed by atoms with Crippen molar-refractivity contribution in [2.24, 2.45) is 11.7 Å². The van der Waals surface area contributed by atoms with Gasteiger partial charge in [-0.1, -0.05) is 43.7 Å². The number of nitrogens with two attached hydrogens (primary N) is 1. The molecule has 0 aromatic carbocycles. The molecule has 1 heterocycles. The van der Waals surface area contributed by atoms with Gasteiger partial charge < -0.3 is 5.73 Å². The zero-order chi connectivity index (χ0) is 11.4. The molecule has 0 aliphatic heterocycles. The van der Waals surface area contributed by atoms with E-state index in [-0.39, 0.29) is 6.04 Å². The Bertz CT molecular complexity index is 317. The van der Waals surface area contributed by atoms with Crippen molar-refractivity contribution in [2.75, 3.05) is 0 Å². The van der Waals surface area contributed by atoms with Crippen LogP contribution >= 0.6 is 22.9 Å². The normalized spacial score (nSPS) is 19.9. The van der Waals surface area contributed by atoms with Crippen LogP contribution < -0.4 is 5.73 Å². The molecule has 0 saturated heterocycles. The Kier molecular flexibility index (Phi) is 4.68. The first-order valence-electron chi connectivity index (χ1n) is 6.26. The SMILES string of the molecule is NC(CCC1CCCCC1)c1sccc1Cl. The molecule has 1 aromatic rings. The zero-order valence-corrected chi connectivity index (χ0v) is 11.2. The summed E-state index contributed by atoms with van der Waals surface area (Å²) in [6, 6.07) is 2.09. The van der Waals surface area contributed by atoms with Gasteiger partial charge in [-0.2, -0.15) is 0 Å². The molecule has 1 atom stereocenters. The highest BCUT2D eigenvalue weighted by Crippen LogP contribution is 2.33. The third-order valence-electron chi connectivity index (χ3n) is 3.59. The van der Waals surface area contributed by atoms with Crippen LogP contribution in [-0.2, 0) is 0 Å². The lowest BCUT2D eigenvalue weighted by Crippen LogP contribution is -2.13. The second-order valence-electron chi connectivity index (χ2n) is 4.82. The fraction of sp³-hybridized carbons (Fsp3) is 0.692. The minimum Gasteiger partial charge on any atom is -0.323 e. The number of halogens is 1. The molecule has 2 rings (SSSR count). The maximum Gasteiger partial charge on any atom is 0.0561 e. The molecule has 3 heteroatoms. The van der Waals surface area contributed by atoms with Gasteiger partial charge in [0.1, 0.15) is 0 Å². The van der Waals surface area contributed by atoms with Gasteiger partial charge in [-0.3, -0.25) is 0 Å². The van der Waals surface area contributed by atoms with Gasteiger partial charge in [0, 0.05) is 10.9 Å². The van der Waals surface area contributed by atoms with Crippen LogP contribution in [0.3, 0.4) is 0 Å². The van der Waals surface area contributed by atoms with Crippen LogP contribution in [0.5, 0.6) is 0 Å². The highest BCUT2D eigenvalue weighted by Gasteiger charge is 2.17. The van der Waals surface area contributed by atoms with Crippen LogP contribution in [0.2, 0.25) is 5.02 Å². The Morgan fingerprint density at radius 2 is 2.12 bits per heavy atom. The lowest BCUT2D eigenvalue weighted by Gasteiger charge is -2.22. The molecule has 1 unspecified atom stereocenters. The Balaban J connectivity index is 1.79. The molecule has 1 aromatic heterocycles. The third kappa shape index (κ3) is 3.22. The Morgan fingerprint density at radius 3 is 2.75 bits per heavy atom. The molecule has 1 nitrogen and oxygen atoms in total. The predicted octanol–water partition coefficient (Wildman–Crippen LogP) is 4.76. The second kappa shape index (κ2) is 6.04. The lowest BCUT2D eigenvalue weighted by molar-refractivity contribution is 0.324. The van der Waals surface area contributed by atoms with Crippen LogP contribution in [0.15, 0.2) is 11.4 Å². The van der Waals surface area contributed by atoms with E-state index in [0.717, 1.165) is 22.2 Å². The van der Waals surface area contributed by atoms with Crippen LogP contribution in [0.25, 0.3) is 0 Å². The summed E-state index contributed by atoms with van der Waals surface area (Å²) < 4.78 is 0. The molecule has 0 radical (unpaired) electrons. The Labute approximate surface area is 107 Å². The third-order valence-corrected chi connectivity index (χ3v) is 5.08. The topological polar surface area (TPSA) is 26.0 Å². The zero-order valence-electron chi connectivity index (χ0n) is 9.62. The van der Waals surface area contributed by atoms with E-state index in [1.54, 1.807) is 11.3 Å². The fourth-order valence-electron chi connectivity index (χ4n) is 2.59. The molecule has 0 bridgehead atoms. The van der Waals surface area contributed by atoms with Crippen molar-refractivity contribution in [2.45, 2.75) is 51.0 Å². The van der Waals surface area contributed by atoms with Gasteiger partial charge in [0.15, 0.2) is 0 Å². The van der Waals surface area contributed by atoms with E-state index in [1.165, 1.54) is 38.5 Å². The van der Waals surface area contributed by atoms with E-state index >= 15 is 0 Å². The van der Waals surface area contributed by atoms with Gasteiger partial charge in [-0.15, -0.1) is 11.3 Å². The predicted molar refractivity (Wildman–Crippen MR) is 72.1 cm³/mol. The number of hydrogen-bond acceptors (Lipinski definition) is 2. The number of hydrogen-bond donors (Lipinski definition) is 1. The average molecular weight is 258 g/mol. The summed E-state index contributed by atoms with van der Waals surface area (Å²) in [6.45, 7) is 0. The molecule has 0 amide bonds. The van der Waals surface area contributed by atoms with Crippen LogP contribution in [0.1, 0.15) is 55.9 Å². The first-order chi connectivity index (χ1) is 7.77. The molecule has 0 spiro atoms. The van der Waals surface area contributed by atoms with E-state index < -0.39 is 0 Å². The molecular formula is C13H20ClNS. The summed E-state index contributed by atoms with van der Waals surface area (Å²) in [5.41, 5.74) is 6.18. The summed E-state index contributed by atoms with van der Waals surface area (Å²) in [7, 11) is 0. The minimum atomic E-state index is 0.148. The van der Waals surface area contributed by atoms with Crippen LogP contribution in [0.4, 0.5) is 0 Å². The molecule has 2 N–H and O–H groups in total. The van der Waals surface area contributed by atoms with Gasteiger partial charge in [0.05, 0.1) is 5.02 Å². The monoisotopic (exact) mass is 257 g/mol. The Morgan fingerprint density at radius 1 is 1.38 bits per heavy atom. The standard InChI is InChI=1S/C13H20ClNS/c14-11-8-9-16-13(11)12(15)7-6-10-4-2-1-3-5-10/h8-10,12H,1-7,15H2. The van der Waals surface area contributed by atoms with Gasteiger partial charge in [-0.25, -0.2) is 0 Å². The summed E-state index contributed by atoms with van der Waals surface area (Å²) in [5, 5.41) is 2.87. The summed E-state index contributed by atoms with van der Waals surface area (Å²) in [4.78, 5) is 1.16. The van der Waals surface area contributed by atoms with Gasteiger partial charge in [0.25, 0.3) is 0 Å². The first-order valence-corrected chi connectivity index (χ1v) is 7.51. The second-order valence-corrected chi connectivity index (χ2v) is 6.18. The van der Waals surface area contributed by atoms with Crippen molar-refractivity contribution in [3.63, 3.8) is 0 Å². The van der Waals surface area contributed by atoms with Crippen LogP contribution in [0, 0.1) is 5.92 Å². The Hall–Kier alpha value is -0.0500. The number of thiophene rings is 1. The molecular weight excluding hydrogens is 238 g/mol. The van der Waals surface area contributed by atoms with Crippen molar-refractivity contribution >= 4 is 22.9 Å². The summed E-state index contributed by atoms with van der Waals surface area (Å²) >= 11 is 7.77. The van der Waals surface area contributed by atoms with Gasteiger partial charge in [-0.05, 0) is 30.2 Å². The average Bonchev–Trinajstić information content (AvgIpc) is 2.74. The van der Waals surface area contributed by atoms with Gasteiger partial charge in [0.2, 0.25) is 0 Å². The van der Waals surface area contributed by atoms with E-state index in [9.17, 15) is 0 Å². The maximum atomic E-state index is 6.18. The molecule has 90 valence electrons. The van der Waals surface area contributed by atoms with Crippen molar-refractivity contribution in [3.8, 4) is 0 Å². The van der Waals surface area contributed by atoms with Crippen molar-refractivity contribution in [1.29, 1.82) is 0 Å². The van der Waals surface area contributed by atoms with E-state index in [2.05, 4.69) is 0 Å². The number of rotatable bonds is 4. The highest BCUT2D eigenvalue weighted by atomic mass is 35.5. The van der Waals surface area contributed by atoms with Crippen LogP contribution in [-0.4, -0.2) is 0 Å². The summed E-state index contributed by atoms with van der Waals surface area (Å²) in [6.07, 6.45) is 9.44. The smallest absolute Gasteiger partial charge is 0.0561 e. The van der Waals surface area contributed by atoms with Crippen molar-refractivity contribution in [1.82, 2.24) is 0 Å². The molecule has 1 aliphatic carbocycles. The first kappa shape index (κ1) is 12.4. The molecule has 1 aliphatic rings. The lowest BCUT2D eigenvalue weighted by atomic mass is 9.85. The minimum absolute atomic E-state index is 0.148. The van der Waals surface area contributed by atoms with Gasteiger partial charge >= 0.3 is 0 Å². The largest absolute Gasteiger partial charge is 0.323 e.